The van der Waals surface area contributed by atoms with Crippen LogP contribution in [0.25, 0.3) is 0 Å². The van der Waals surface area contributed by atoms with Crippen LogP contribution < -0.4 is 5.32 Å². The Labute approximate surface area is 130 Å². The second-order valence-corrected chi connectivity index (χ2v) is 5.48. The van der Waals surface area contributed by atoms with Gasteiger partial charge in [0.1, 0.15) is 0 Å². The molecule has 2 rings (SSSR count). The van der Waals surface area contributed by atoms with E-state index in [-0.39, 0.29) is 17.7 Å². The van der Waals surface area contributed by atoms with E-state index >= 15 is 0 Å². The second-order valence-electron chi connectivity index (χ2n) is 5.48. The number of carboxylic acids is 1. The Morgan fingerprint density at radius 1 is 1.35 bits per heavy atom. The summed E-state index contributed by atoms with van der Waals surface area (Å²) in [6, 6.07) is 3.60. The zero-order valence-electron chi connectivity index (χ0n) is 12.5. The quantitative estimate of drug-likeness (QED) is 0.883. The molecule has 0 saturated heterocycles. The molecule has 2 aromatic rings. The molecule has 2 N–H and O–H groups in total. The van der Waals surface area contributed by atoms with E-state index in [0.29, 0.717) is 0 Å². The minimum Gasteiger partial charge on any atom is -0.479 e. The van der Waals surface area contributed by atoms with Crippen LogP contribution in [0, 0.1) is 11.6 Å². The third-order valence-electron chi connectivity index (χ3n) is 3.35. The summed E-state index contributed by atoms with van der Waals surface area (Å²) in [5.74, 6) is -3.74. The fourth-order valence-corrected chi connectivity index (χ4v) is 1.85. The largest absolute Gasteiger partial charge is 0.479 e. The van der Waals surface area contributed by atoms with Gasteiger partial charge in [0.2, 0.25) is 5.91 Å². The van der Waals surface area contributed by atoms with Gasteiger partial charge in [0.05, 0.1) is 18.3 Å². The van der Waals surface area contributed by atoms with Crippen LogP contribution in [0.3, 0.4) is 0 Å². The van der Waals surface area contributed by atoms with Crippen molar-refractivity contribution in [2.24, 2.45) is 0 Å². The molecule has 6 nitrogen and oxygen atoms in total. The number of amides is 1. The molecular formula is C15H15F2N3O3. The monoisotopic (exact) mass is 323 g/mol. The van der Waals surface area contributed by atoms with E-state index in [1.165, 1.54) is 43.1 Å². The van der Waals surface area contributed by atoms with Crippen molar-refractivity contribution >= 4 is 17.6 Å². The van der Waals surface area contributed by atoms with Crippen molar-refractivity contribution in [2.75, 3.05) is 5.32 Å². The Balaban J connectivity index is 2.08. The highest BCUT2D eigenvalue weighted by molar-refractivity contribution is 5.92. The highest BCUT2D eigenvalue weighted by atomic mass is 19.2. The van der Waals surface area contributed by atoms with E-state index in [1.54, 1.807) is 0 Å². The number of hydrogen-bond acceptors (Lipinski definition) is 3. The summed E-state index contributed by atoms with van der Waals surface area (Å²) in [7, 11) is 0. The molecule has 0 aliphatic heterocycles. The van der Waals surface area contributed by atoms with Crippen molar-refractivity contribution in [3.8, 4) is 0 Å². The minimum absolute atomic E-state index is 0.0687. The maximum absolute atomic E-state index is 13.5. The van der Waals surface area contributed by atoms with Crippen LogP contribution >= 0.6 is 0 Å². The number of anilines is 1. The highest BCUT2D eigenvalue weighted by Crippen LogP contribution is 2.18. The number of benzene rings is 1. The van der Waals surface area contributed by atoms with Crippen molar-refractivity contribution in [3.63, 3.8) is 0 Å². The Hall–Kier alpha value is -2.77. The standard InChI is InChI=1S/C15H15F2N3O3/c1-15(2,14(22)23)20-8-10(7-18-20)19-12(21)6-9-4-3-5-11(16)13(9)17/h3-5,7-8H,6H2,1-2H3,(H,19,21)(H,22,23). The molecule has 1 aromatic heterocycles. The molecule has 0 aliphatic carbocycles. The van der Waals surface area contributed by atoms with Crippen molar-refractivity contribution < 1.29 is 23.5 Å². The maximum Gasteiger partial charge on any atom is 0.331 e. The molecule has 0 bridgehead atoms. The fourth-order valence-electron chi connectivity index (χ4n) is 1.85. The smallest absolute Gasteiger partial charge is 0.331 e. The van der Waals surface area contributed by atoms with E-state index in [9.17, 15) is 18.4 Å². The van der Waals surface area contributed by atoms with E-state index < -0.39 is 29.0 Å². The Morgan fingerprint density at radius 2 is 2.04 bits per heavy atom. The number of nitrogens with zero attached hydrogens (tertiary/aromatic N) is 2. The van der Waals surface area contributed by atoms with Gasteiger partial charge in [-0.2, -0.15) is 5.10 Å². The first-order valence-corrected chi connectivity index (χ1v) is 6.73. The van der Waals surface area contributed by atoms with Gasteiger partial charge in [0, 0.05) is 11.8 Å². The van der Waals surface area contributed by atoms with E-state index in [2.05, 4.69) is 10.4 Å². The van der Waals surface area contributed by atoms with Crippen molar-refractivity contribution in [1.82, 2.24) is 9.78 Å². The van der Waals surface area contributed by atoms with Gasteiger partial charge >= 0.3 is 5.97 Å². The summed E-state index contributed by atoms with van der Waals surface area (Å²) in [6.45, 7) is 2.91. The number of rotatable bonds is 5. The maximum atomic E-state index is 13.5. The zero-order valence-corrected chi connectivity index (χ0v) is 12.5. The number of carboxylic acid groups (broad SMARTS) is 1. The van der Waals surface area contributed by atoms with Gasteiger partial charge in [-0.15, -0.1) is 0 Å². The molecule has 0 unspecified atom stereocenters. The molecule has 0 saturated carbocycles. The second kappa shape index (κ2) is 6.15. The average molecular weight is 323 g/mol. The van der Waals surface area contributed by atoms with Crippen LogP contribution in [0.4, 0.5) is 14.5 Å². The lowest BCUT2D eigenvalue weighted by Crippen LogP contribution is -2.35. The molecule has 0 atom stereocenters. The Morgan fingerprint density at radius 3 is 2.70 bits per heavy atom. The molecule has 1 heterocycles. The molecule has 0 radical (unpaired) electrons. The number of aliphatic carboxylic acids is 1. The number of halogens is 2. The number of nitrogens with one attached hydrogen (secondary N) is 1. The van der Waals surface area contributed by atoms with Gasteiger partial charge in [-0.1, -0.05) is 12.1 Å². The molecule has 122 valence electrons. The summed E-state index contributed by atoms with van der Waals surface area (Å²) in [5, 5.41) is 15.5. The summed E-state index contributed by atoms with van der Waals surface area (Å²) in [6.07, 6.45) is 2.29. The van der Waals surface area contributed by atoms with E-state index in [4.69, 9.17) is 5.11 Å². The molecule has 23 heavy (non-hydrogen) atoms. The zero-order chi connectivity index (χ0) is 17.2. The number of aromatic nitrogens is 2. The van der Waals surface area contributed by atoms with Gasteiger partial charge in [0.15, 0.2) is 17.2 Å². The van der Waals surface area contributed by atoms with Crippen LogP contribution in [-0.4, -0.2) is 26.8 Å². The predicted octanol–water partition coefficient (Wildman–Crippen LogP) is 2.16. The van der Waals surface area contributed by atoms with Gasteiger partial charge < -0.3 is 10.4 Å². The minimum atomic E-state index is -1.28. The van der Waals surface area contributed by atoms with E-state index in [0.717, 1.165) is 6.07 Å². The highest BCUT2D eigenvalue weighted by Gasteiger charge is 2.30. The lowest BCUT2D eigenvalue weighted by Gasteiger charge is -2.19. The average Bonchev–Trinajstić information content (AvgIpc) is 2.92. The van der Waals surface area contributed by atoms with Crippen LogP contribution in [0.15, 0.2) is 30.6 Å². The lowest BCUT2D eigenvalue weighted by atomic mass is 10.1. The van der Waals surface area contributed by atoms with Crippen LogP contribution in [0.2, 0.25) is 0 Å². The first-order valence-electron chi connectivity index (χ1n) is 6.73. The normalized spacial score (nSPS) is 11.3. The molecule has 1 aromatic carbocycles. The molecule has 8 heteroatoms. The summed E-state index contributed by atoms with van der Waals surface area (Å²) in [5.41, 5.74) is -1.08. The Kier molecular flexibility index (Phi) is 4.44. The first-order chi connectivity index (χ1) is 10.7. The van der Waals surface area contributed by atoms with Gasteiger partial charge in [-0.25, -0.2) is 13.6 Å². The SMILES string of the molecule is CC(C)(C(=O)O)n1cc(NC(=O)Cc2cccc(F)c2F)cn1. The van der Waals surface area contributed by atoms with Gasteiger partial charge in [-0.05, 0) is 19.9 Å². The predicted molar refractivity (Wildman–Crippen MR) is 77.9 cm³/mol. The van der Waals surface area contributed by atoms with Crippen LogP contribution in [-0.2, 0) is 21.5 Å². The number of hydrogen-bond donors (Lipinski definition) is 2. The van der Waals surface area contributed by atoms with E-state index in [1.807, 2.05) is 0 Å². The first kappa shape index (κ1) is 16.6. The summed E-state index contributed by atoms with van der Waals surface area (Å²) >= 11 is 0. The van der Waals surface area contributed by atoms with Crippen molar-refractivity contribution in [2.45, 2.75) is 25.8 Å². The van der Waals surface area contributed by atoms with Crippen LogP contribution in [0.5, 0.6) is 0 Å². The summed E-state index contributed by atoms with van der Waals surface area (Å²) in [4.78, 5) is 23.0. The fraction of sp³-hybridized carbons (Fsp3) is 0.267. The molecule has 0 spiro atoms. The lowest BCUT2D eigenvalue weighted by molar-refractivity contribution is -0.146. The molecule has 0 fully saturated rings. The van der Waals surface area contributed by atoms with Crippen molar-refractivity contribution in [1.29, 1.82) is 0 Å². The number of carbonyl (C=O) groups is 2. The van der Waals surface area contributed by atoms with Gasteiger partial charge in [0.25, 0.3) is 0 Å². The molecule has 1 amide bonds. The number of carbonyl (C=O) groups excluding carboxylic acids is 1. The summed E-state index contributed by atoms with van der Waals surface area (Å²) < 4.78 is 27.8. The third-order valence-corrected chi connectivity index (χ3v) is 3.35. The van der Waals surface area contributed by atoms with Gasteiger partial charge in [-0.3, -0.25) is 9.48 Å². The molecule has 0 aliphatic rings. The van der Waals surface area contributed by atoms with Crippen LogP contribution in [0.1, 0.15) is 19.4 Å². The Bertz CT molecular complexity index is 756. The third kappa shape index (κ3) is 3.53. The topological polar surface area (TPSA) is 84.2 Å². The molecular weight excluding hydrogens is 308 g/mol. The van der Waals surface area contributed by atoms with Crippen molar-refractivity contribution in [3.05, 3.63) is 47.8 Å².